The molecule has 0 spiro atoms. The Bertz CT molecular complexity index is 541. The lowest BCUT2D eigenvalue weighted by molar-refractivity contribution is 0.806. The molecule has 1 N–H and O–H groups in total. The maximum atomic E-state index is 11.7. The molecule has 0 aliphatic heterocycles. The first-order valence-electron chi connectivity index (χ1n) is 4.18. The topological polar surface area (TPSA) is 50.7 Å². The Morgan fingerprint density at radius 1 is 1.40 bits per heavy atom. The summed E-state index contributed by atoms with van der Waals surface area (Å²) in [5, 5.41) is 2.93. The van der Waals surface area contributed by atoms with Crippen molar-refractivity contribution in [1.82, 2.24) is 14.8 Å². The van der Waals surface area contributed by atoms with E-state index in [0.717, 1.165) is 10.2 Å². The van der Waals surface area contributed by atoms with E-state index >= 15 is 0 Å². The first-order valence-corrected chi connectivity index (χ1v) is 5.77. The lowest BCUT2D eigenvalue weighted by atomic mass is 10.5. The van der Waals surface area contributed by atoms with Crippen molar-refractivity contribution in [2.75, 3.05) is 0 Å². The fourth-order valence-electron chi connectivity index (χ4n) is 1.19. The average molecular weight is 333 g/mol. The van der Waals surface area contributed by atoms with E-state index in [-0.39, 0.29) is 5.56 Å². The molecule has 0 amide bonds. The van der Waals surface area contributed by atoms with E-state index < -0.39 is 0 Å². The molecular formula is C9H7Br2N3O. The fourth-order valence-corrected chi connectivity index (χ4v) is 1.69. The van der Waals surface area contributed by atoms with Crippen LogP contribution in [0.4, 0.5) is 0 Å². The van der Waals surface area contributed by atoms with Gasteiger partial charge in [0.1, 0.15) is 4.47 Å². The van der Waals surface area contributed by atoms with Gasteiger partial charge in [0.2, 0.25) is 0 Å². The molecule has 78 valence electrons. The molecule has 0 fully saturated rings. The summed E-state index contributed by atoms with van der Waals surface area (Å²) in [5.41, 5.74) is 0.645. The smallest absolute Gasteiger partial charge is 0.287 e. The molecule has 15 heavy (non-hydrogen) atoms. The normalized spacial score (nSPS) is 10.6. The molecule has 0 atom stereocenters. The van der Waals surface area contributed by atoms with Gasteiger partial charge in [-0.25, -0.2) is 9.67 Å². The summed E-state index contributed by atoms with van der Waals surface area (Å²) in [5.74, 6) is 0.567. The number of halogens is 2. The van der Waals surface area contributed by atoms with Crippen LogP contribution in [-0.2, 0) is 0 Å². The van der Waals surface area contributed by atoms with Crippen molar-refractivity contribution in [3.8, 4) is 5.82 Å². The van der Waals surface area contributed by atoms with Gasteiger partial charge in [0.25, 0.3) is 5.56 Å². The number of hydrogen-bond acceptors (Lipinski definition) is 2. The largest absolute Gasteiger partial charge is 0.293 e. The van der Waals surface area contributed by atoms with Crippen molar-refractivity contribution in [3.63, 3.8) is 0 Å². The van der Waals surface area contributed by atoms with Crippen LogP contribution >= 0.6 is 31.9 Å². The SMILES string of the molecule is Cc1[nH]n(-c2ccc(Br)cn2)c(=O)c1Br. The van der Waals surface area contributed by atoms with Crippen LogP contribution in [0.25, 0.3) is 5.82 Å². The van der Waals surface area contributed by atoms with E-state index in [1.54, 1.807) is 12.3 Å². The van der Waals surface area contributed by atoms with Crippen molar-refractivity contribution in [2.45, 2.75) is 6.92 Å². The molecule has 6 heteroatoms. The number of aromatic nitrogens is 3. The van der Waals surface area contributed by atoms with Gasteiger partial charge in [-0.2, -0.15) is 0 Å². The standard InChI is InChI=1S/C9H7Br2N3O/c1-5-8(11)9(15)14(13-5)7-3-2-6(10)4-12-7/h2-4,13H,1H3. The number of aryl methyl sites for hydroxylation is 1. The molecule has 0 aromatic carbocycles. The van der Waals surface area contributed by atoms with Crippen LogP contribution in [0.5, 0.6) is 0 Å². The molecule has 0 aliphatic rings. The molecule has 2 rings (SSSR count). The third-order valence-electron chi connectivity index (χ3n) is 1.94. The van der Waals surface area contributed by atoms with Crippen molar-refractivity contribution in [1.29, 1.82) is 0 Å². The molecule has 0 unspecified atom stereocenters. The van der Waals surface area contributed by atoms with Crippen molar-refractivity contribution >= 4 is 31.9 Å². The van der Waals surface area contributed by atoms with Crippen molar-refractivity contribution < 1.29 is 0 Å². The summed E-state index contributed by atoms with van der Waals surface area (Å²) in [6.45, 7) is 1.82. The molecule has 0 radical (unpaired) electrons. The number of hydrogen-bond donors (Lipinski definition) is 1. The number of nitrogens with zero attached hydrogens (tertiary/aromatic N) is 2. The first-order chi connectivity index (χ1) is 7.09. The number of rotatable bonds is 1. The minimum Gasteiger partial charge on any atom is -0.293 e. The van der Waals surface area contributed by atoms with E-state index in [1.165, 1.54) is 4.68 Å². The van der Waals surface area contributed by atoms with E-state index in [0.29, 0.717) is 10.3 Å². The van der Waals surface area contributed by atoms with Gasteiger partial charge in [-0.05, 0) is 50.9 Å². The van der Waals surface area contributed by atoms with Crippen LogP contribution in [0, 0.1) is 6.92 Å². The second-order valence-electron chi connectivity index (χ2n) is 3.03. The maximum absolute atomic E-state index is 11.7. The molecule has 0 saturated heterocycles. The highest BCUT2D eigenvalue weighted by atomic mass is 79.9. The summed E-state index contributed by atoms with van der Waals surface area (Å²) >= 11 is 6.50. The molecule has 2 heterocycles. The van der Waals surface area contributed by atoms with Crippen molar-refractivity contribution in [2.24, 2.45) is 0 Å². The highest BCUT2D eigenvalue weighted by molar-refractivity contribution is 9.10. The summed E-state index contributed by atoms with van der Waals surface area (Å²) < 4.78 is 2.81. The fraction of sp³-hybridized carbons (Fsp3) is 0.111. The van der Waals surface area contributed by atoms with E-state index in [1.807, 2.05) is 13.0 Å². The molecular weight excluding hydrogens is 326 g/mol. The molecule has 4 nitrogen and oxygen atoms in total. The summed E-state index contributed by atoms with van der Waals surface area (Å²) in [6.07, 6.45) is 1.64. The third-order valence-corrected chi connectivity index (χ3v) is 3.34. The van der Waals surface area contributed by atoms with Gasteiger partial charge in [0, 0.05) is 16.4 Å². The third kappa shape index (κ3) is 1.91. The number of H-pyrrole nitrogens is 1. The van der Waals surface area contributed by atoms with Gasteiger partial charge < -0.3 is 0 Å². The number of pyridine rings is 1. The predicted octanol–water partition coefficient (Wildman–Crippen LogP) is 2.39. The van der Waals surface area contributed by atoms with Gasteiger partial charge in [-0.15, -0.1) is 0 Å². The van der Waals surface area contributed by atoms with Gasteiger partial charge in [-0.1, -0.05) is 0 Å². The zero-order valence-corrected chi connectivity index (χ0v) is 11.0. The van der Waals surface area contributed by atoms with Gasteiger partial charge in [-0.3, -0.25) is 9.89 Å². The van der Waals surface area contributed by atoms with Crippen LogP contribution in [0.2, 0.25) is 0 Å². The second-order valence-corrected chi connectivity index (χ2v) is 4.73. The summed E-state index contributed by atoms with van der Waals surface area (Å²) in [4.78, 5) is 15.8. The quantitative estimate of drug-likeness (QED) is 0.871. The Morgan fingerprint density at radius 3 is 2.60 bits per heavy atom. The highest BCUT2D eigenvalue weighted by Gasteiger charge is 2.09. The average Bonchev–Trinajstić information content (AvgIpc) is 2.47. The lowest BCUT2D eigenvalue weighted by Crippen LogP contribution is -2.15. The minimum absolute atomic E-state index is 0.137. The Kier molecular flexibility index (Phi) is 2.79. The van der Waals surface area contributed by atoms with E-state index in [2.05, 4.69) is 41.9 Å². The van der Waals surface area contributed by atoms with E-state index in [4.69, 9.17) is 0 Å². The van der Waals surface area contributed by atoms with Crippen LogP contribution < -0.4 is 5.56 Å². The van der Waals surface area contributed by atoms with Crippen LogP contribution in [0.3, 0.4) is 0 Å². The summed E-state index contributed by atoms with van der Waals surface area (Å²) in [7, 11) is 0. The predicted molar refractivity (Wildman–Crippen MR) is 64.3 cm³/mol. The zero-order valence-electron chi connectivity index (χ0n) is 7.79. The Labute approximate surface area is 103 Å². The summed E-state index contributed by atoms with van der Waals surface area (Å²) in [6, 6.07) is 3.59. The minimum atomic E-state index is -0.137. The number of nitrogens with one attached hydrogen (secondary N) is 1. The monoisotopic (exact) mass is 331 g/mol. The van der Waals surface area contributed by atoms with Gasteiger partial charge in [0.15, 0.2) is 5.82 Å². The molecule has 0 saturated carbocycles. The van der Waals surface area contributed by atoms with Crippen LogP contribution in [-0.4, -0.2) is 14.8 Å². The molecule has 2 aromatic heterocycles. The van der Waals surface area contributed by atoms with Gasteiger partial charge >= 0.3 is 0 Å². The Morgan fingerprint density at radius 2 is 2.13 bits per heavy atom. The molecule has 2 aromatic rings. The van der Waals surface area contributed by atoms with Crippen LogP contribution in [0.15, 0.2) is 32.1 Å². The second kappa shape index (κ2) is 3.94. The number of aromatic amines is 1. The Balaban J connectivity index is 2.59. The van der Waals surface area contributed by atoms with Crippen molar-refractivity contribution in [3.05, 3.63) is 43.3 Å². The molecule has 0 bridgehead atoms. The van der Waals surface area contributed by atoms with E-state index in [9.17, 15) is 4.79 Å². The highest BCUT2D eigenvalue weighted by Crippen LogP contribution is 2.12. The lowest BCUT2D eigenvalue weighted by Gasteiger charge is -1.99. The molecule has 0 aliphatic carbocycles. The maximum Gasteiger partial charge on any atom is 0.287 e. The Hall–Kier alpha value is -0.880. The van der Waals surface area contributed by atoms with Gasteiger partial charge in [0.05, 0.1) is 0 Å². The first kappa shape index (κ1) is 10.6. The zero-order chi connectivity index (χ0) is 11.0. The van der Waals surface area contributed by atoms with Crippen LogP contribution in [0.1, 0.15) is 5.69 Å².